The lowest BCUT2D eigenvalue weighted by atomic mass is 10.0. The zero-order valence-corrected chi connectivity index (χ0v) is 15.9. The van der Waals surface area contributed by atoms with Crippen LogP contribution in [0, 0.1) is 12.7 Å². The normalized spacial score (nSPS) is 16.5. The number of aromatic nitrogens is 1. The van der Waals surface area contributed by atoms with Crippen LogP contribution in [0.5, 0.6) is 0 Å². The first-order valence-electron chi connectivity index (χ1n) is 9.35. The number of carbonyl (C=O) groups is 1. The van der Waals surface area contributed by atoms with Crippen molar-refractivity contribution in [3.8, 4) is 11.3 Å². The highest BCUT2D eigenvalue weighted by Gasteiger charge is 2.24. The summed E-state index contributed by atoms with van der Waals surface area (Å²) in [5, 5.41) is 4.32. The van der Waals surface area contributed by atoms with E-state index >= 15 is 0 Å². The Bertz CT molecular complexity index is 1100. The molecule has 0 bridgehead atoms. The van der Waals surface area contributed by atoms with Gasteiger partial charge in [-0.3, -0.25) is 9.59 Å². The van der Waals surface area contributed by atoms with Gasteiger partial charge in [0.2, 0.25) is 0 Å². The number of likely N-dealkylation sites (N-methyl/N-ethyl adjacent to an activating group) is 1. The number of amides is 1. The summed E-state index contributed by atoms with van der Waals surface area (Å²) >= 11 is 0. The van der Waals surface area contributed by atoms with Crippen molar-refractivity contribution in [3.63, 3.8) is 0 Å². The van der Waals surface area contributed by atoms with E-state index in [0.717, 1.165) is 25.1 Å². The summed E-state index contributed by atoms with van der Waals surface area (Å²) < 4.78 is 13.6. The van der Waals surface area contributed by atoms with Crippen molar-refractivity contribution in [1.82, 2.24) is 15.2 Å². The summed E-state index contributed by atoms with van der Waals surface area (Å²) in [6.45, 7) is 3.53. The maximum Gasteiger partial charge on any atom is 0.256 e. The summed E-state index contributed by atoms with van der Waals surface area (Å²) in [5.74, 6) is -0.439. The Hall–Kier alpha value is -2.99. The molecule has 144 valence electrons. The van der Waals surface area contributed by atoms with Gasteiger partial charge >= 0.3 is 0 Å². The van der Waals surface area contributed by atoms with Crippen LogP contribution in [0.3, 0.4) is 0 Å². The number of benzene rings is 2. The number of hydrogen-bond acceptors (Lipinski definition) is 3. The Balaban J connectivity index is 1.65. The molecule has 0 aliphatic carbocycles. The number of rotatable bonds is 3. The van der Waals surface area contributed by atoms with Crippen LogP contribution in [-0.2, 0) is 0 Å². The van der Waals surface area contributed by atoms with E-state index in [4.69, 9.17) is 0 Å². The lowest BCUT2D eigenvalue weighted by Crippen LogP contribution is -2.38. The van der Waals surface area contributed by atoms with Gasteiger partial charge in [-0.1, -0.05) is 12.1 Å². The van der Waals surface area contributed by atoms with Gasteiger partial charge in [0.1, 0.15) is 5.82 Å². The summed E-state index contributed by atoms with van der Waals surface area (Å²) in [7, 11) is 1.83. The van der Waals surface area contributed by atoms with Gasteiger partial charge in [-0.15, -0.1) is 0 Å². The molecule has 2 aromatic carbocycles. The van der Waals surface area contributed by atoms with E-state index in [1.807, 2.05) is 25.2 Å². The van der Waals surface area contributed by atoms with E-state index < -0.39 is 5.82 Å². The molecular weight excluding hydrogens is 357 g/mol. The molecule has 1 amide bonds. The predicted molar refractivity (Wildman–Crippen MR) is 108 cm³/mol. The second-order valence-electron chi connectivity index (χ2n) is 7.34. The van der Waals surface area contributed by atoms with E-state index in [9.17, 15) is 14.0 Å². The van der Waals surface area contributed by atoms with Crippen LogP contribution in [0.25, 0.3) is 22.0 Å². The molecule has 0 radical (unpaired) electrons. The average molecular weight is 379 g/mol. The topological polar surface area (TPSA) is 65.2 Å². The largest absolute Gasteiger partial charge is 0.337 e. The summed E-state index contributed by atoms with van der Waals surface area (Å²) in [6, 6.07) is 11.9. The third kappa shape index (κ3) is 3.31. The van der Waals surface area contributed by atoms with Crippen LogP contribution in [0.1, 0.15) is 22.3 Å². The molecule has 2 heterocycles. The lowest BCUT2D eigenvalue weighted by molar-refractivity contribution is 0.0744. The van der Waals surface area contributed by atoms with Crippen LogP contribution in [-0.4, -0.2) is 42.0 Å². The molecule has 3 aromatic rings. The lowest BCUT2D eigenvalue weighted by Gasteiger charge is -2.23. The zero-order valence-electron chi connectivity index (χ0n) is 15.9. The number of pyridine rings is 1. The third-order valence-corrected chi connectivity index (χ3v) is 5.48. The van der Waals surface area contributed by atoms with Gasteiger partial charge in [-0.25, -0.2) is 4.39 Å². The van der Waals surface area contributed by atoms with Gasteiger partial charge in [0.25, 0.3) is 11.5 Å². The molecule has 28 heavy (non-hydrogen) atoms. The van der Waals surface area contributed by atoms with E-state index in [2.05, 4.69) is 10.3 Å². The predicted octanol–water partition coefficient (Wildman–Crippen LogP) is 3.08. The van der Waals surface area contributed by atoms with Crippen molar-refractivity contribution in [2.75, 3.05) is 20.1 Å². The number of hydrogen-bond donors (Lipinski definition) is 2. The molecule has 1 atom stereocenters. The minimum atomic E-state index is -0.423. The number of carbonyl (C=O) groups excluding carboxylic acids is 1. The van der Waals surface area contributed by atoms with Gasteiger partial charge in [0.15, 0.2) is 0 Å². The second kappa shape index (κ2) is 7.20. The van der Waals surface area contributed by atoms with Crippen molar-refractivity contribution in [2.24, 2.45) is 0 Å². The summed E-state index contributed by atoms with van der Waals surface area (Å²) in [5.41, 5.74) is 2.42. The average Bonchev–Trinajstić information content (AvgIpc) is 3.22. The van der Waals surface area contributed by atoms with Gasteiger partial charge in [0, 0.05) is 30.9 Å². The van der Waals surface area contributed by atoms with E-state index in [1.54, 1.807) is 24.0 Å². The highest BCUT2D eigenvalue weighted by Crippen LogP contribution is 2.24. The quantitative estimate of drug-likeness (QED) is 0.735. The molecule has 2 N–H and O–H groups in total. The fraction of sp³-hybridized carbons (Fsp3) is 0.273. The van der Waals surface area contributed by atoms with Crippen LogP contribution in [0.15, 0.2) is 47.3 Å². The Morgan fingerprint density at radius 3 is 2.57 bits per heavy atom. The fourth-order valence-corrected chi connectivity index (χ4v) is 3.79. The van der Waals surface area contributed by atoms with Crippen LogP contribution < -0.4 is 10.9 Å². The Morgan fingerprint density at radius 1 is 1.14 bits per heavy atom. The van der Waals surface area contributed by atoms with E-state index in [1.165, 1.54) is 12.1 Å². The number of aryl methyl sites for hydroxylation is 1. The van der Waals surface area contributed by atoms with Crippen molar-refractivity contribution in [1.29, 1.82) is 0 Å². The maximum atomic E-state index is 13.6. The molecular formula is C22H22FN3O2. The molecule has 1 aliphatic rings. The monoisotopic (exact) mass is 379 g/mol. The van der Waals surface area contributed by atoms with Crippen molar-refractivity contribution < 1.29 is 9.18 Å². The number of halogens is 1. The number of nitrogens with one attached hydrogen (secondary N) is 2. The number of H-pyrrole nitrogens is 1. The Labute approximate surface area is 162 Å². The first-order valence-corrected chi connectivity index (χ1v) is 9.35. The molecule has 1 aromatic heterocycles. The molecule has 1 aliphatic heterocycles. The smallest absolute Gasteiger partial charge is 0.256 e. The van der Waals surface area contributed by atoms with Gasteiger partial charge in [0.05, 0.1) is 5.39 Å². The summed E-state index contributed by atoms with van der Waals surface area (Å²) in [4.78, 5) is 29.7. The third-order valence-electron chi connectivity index (χ3n) is 5.48. The summed E-state index contributed by atoms with van der Waals surface area (Å²) in [6.07, 6.45) is 0.957. The first kappa shape index (κ1) is 18.4. The van der Waals surface area contributed by atoms with Gasteiger partial charge < -0.3 is 15.2 Å². The highest BCUT2D eigenvalue weighted by atomic mass is 19.1. The van der Waals surface area contributed by atoms with Crippen LogP contribution >= 0.6 is 0 Å². The fourth-order valence-electron chi connectivity index (χ4n) is 3.79. The molecule has 5 nitrogen and oxygen atoms in total. The zero-order chi connectivity index (χ0) is 19.8. The van der Waals surface area contributed by atoms with Crippen LogP contribution in [0.2, 0.25) is 0 Å². The number of nitrogens with zero attached hydrogens (tertiary/aromatic N) is 1. The van der Waals surface area contributed by atoms with Crippen molar-refractivity contribution in [2.45, 2.75) is 19.4 Å². The first-order chi connectivity index (χ1) is 13.4. The minimum absolute atomic E-state index is 0.0152. The second-order valence-corrected chi connectivity index (χ2v) is 7.34. The van der Waals surface area contributed by atoms with Gasteiger partial charge in [-0.05, 0) is 66.7 Å². The molecule has 1 unspecified atom stereocenters. The van der Waals surface area contributed by atoms with E-state index in [-0.39, 0.29) is 17.5 Å². The Morgan fingerprint density at radius 2 is 1.89 bits per heavy atom. The van der Waals surface area contributed by atoms with Crippen molar-refractivity contribution in [3.05, 3.63) is 69.8 Å². The SMILES string of the molecule is Cc1cc(F)cc2c(=O)[nH]c(-c3ccc(C(=O)N(C)C4CCNC4)cc3)cc12. The minimum Gasteiger partial charge on any atom is -0.337 e. The van der Waals surface area contributed by atoms with E-state index in [0.29, 0.717) is 27.6 Å². The molecule has 0 spiro atoms. The molecule has 4 rings (SSSR count). The Kier molecular flexibility index (Phi) is 4.73. The maximum absolute atomic E-state index is 13.6. The molecule has 1 fully saturated rings. The number of aromatic amines is 1. The number of fused-ring (bicyclic) bond motifs is 1. The molecule has 1 saturated heterocycles. The highest BCUT2D eigenvalue weighted by molar-refractivity contribution is 5.95. The standard InChI is InChI=1S/C22H22FN3O2/c1-13-9-16(23)10-19-18(13)11-20(25-21(19)27)14-3-5-15(6-4-14)22(28)26(2)17-7-8-24-12-17/h3-6,9-11,17,24H,7-8,12H2,1-2H3,(H,25,27). The van der Waals surface area contributed by atoms with Crippen molar-refractivity contribution >= 4 is 16.7 Å². The van der Waals surface area contributed by atoms with Gasteiger partial charge in [-0.2, -0.15) is 0 Å². The molecule has 6 heteroatoms. The van der Waals surface area contributed by atoms with Crippen LogP contribution in [0.4, 0.5) is 4.39 Å². The molecule has 0 saturated carbocycles.